The van der Waals surface area contributed by atoms with Gasteiger partial charge in [-0.2, -0.15) is 0 Å². The molecule has 0 aliphatic carbocycles. The molecular weight excluding hydrogens is 368 g/mol. The summed E-state index contributed by atoms with van der Waals surface area (Å²) in [6, 6.07) is 17.5. The number of nitrogens with one attached hydrogen (secondary N) is 1. The lowest BCUT2D eigenvalue weighted by Gasteiger charge is -2.16. The topological polar surface area (TPSA) is 79.6 Å². The van der Waals surface area contributed by atoms with Gasteiger partial charge in [-0.15, -0.1) is 0 Å². The van der Waals surface area contributed by atoms with E-state index in [0.717, 1.165) is 11.1 Å². The third kappa shape index (κ3) is 4.60. The van der Waals surface area contributed by atoms with Gasteiger partial charge in [0.2, 0.25) is 0 Å². The summed E-state index contributed by atoms with van der Waals surface area (Å²) in [6.07, 6.45) is 0. The second-order valence-electron chi connectivity index (χ2n) is 6.73. The second-order valence-corrected chi connectivity index (χ2v) is 6.73. The molecule has 0 fully saturated rings. The SMILES string of the molecule is CNC(=O)c1ccc(CN(C)C(=O)c2ccc(-c3ccc(C(C)=O)cc3)o2)cc1. The lowest BCUT2D eigenvalue weighted by Crippen LogP contribution is -2.25. The molecule has 0 aliphatic rings. The first kappa shape index (κ1) is 20.1. The van der Waals surface area contributed by atoms with Crippen molar-refractivity contribution < 1.29 is 18.8 Å². The minimum absolute atomic E-state index is 0.00292. The zero-order valence-electron chi connectivity index (χ0n) is 16.6. The predicted molar refractivity (Wildman–Crippen MR) is 110 cm³/mol. The largest absolute Gasteiger partial charge is 0.451 e. The molecule has 1 aromatic heterocycles. The lowest BCUT2D eigenvalue weighted by atomic mass is 10.1. The molecule has 0 aliphatic heterocycles. The van der Waals surface area contributed by atoms with E-state index in [2.05, 4.69) is 5.32 Å². The number of amides is 2. The van der Waals surface area contributed by atoms with Crippen LogP contribution in [-0.2, 0) is 6.54 Å². The zero-order valence-corrected chi connectivity index (χ0v) is 16.6. The zero-order chi connectivity index (χ0) is 21.0. The van der Waals surface area contributed by atoms with Crippen molar-refractivity contribution in [1.82, 2.24) is 10.2 Å². The molecule has 3 rings (SSSR count). The first-order chi connectivity index (χ1) is 13.9. The fraction of sp³-hybridized carbons (Fsp3) is 0.174. The molecule has 0 atom stereocenters. The van der Waals surface area contributed by atoms with Crippen molar-refractivity contribution in [2.75, 3.05) is 14.1 Å². The van der Waals surface area contributed by atoms with Crippen LogP contribution in [0.3, 0.4) is 0 Å². The van der Waals surface area contributed by atoms with Gasteiger partial charge in [0.15, 0.2) is 11.5 Å². The molecule has 2 aromatic carbocycles. The summed E-state index contributed by atoms with van der Waals surface area (Å²) in [5.74, 6) is 0.399. The molecule has 29 heavy (non-hydrogen) atoms. The highest BCUT2D eigenvalue weighted by Crippen LogP contribution is 2.23. The Kier molecular flexibility index (Phi) is 5.93. The van der Waals surface area contributed by atoms with Crippen LogP contribution in [0.15, 0.2) is 65.1 Å². The summed E-state index contributed by atoms with van der Waals surface area (Å²) < 4.78 is 5.73. The van der Waals surface area contributed by atoms with E-state index in [4.69, 9.17) is 4.42 Å². The van der Waals surface area contributed by atoms with Gasteiger partial charge in [0, 0.05) is 37.3 Å². The van der Waals surface area contributed by atoms with Crippen LogP contribution in [0.25, 0.3) is 11.3 Å². The fourth-order valence-electron chi connectivity index (χ4n) is 2.92. The molecule has 6 heteroatoms. The third-order valence-electron chi connectivity index (χ3n) is 4.60. The highest BCUT2D eigenvalue weighted by Gasteiger charge is 2.17. The van der Waals surface area contributed by atoms with E-state index in [-0.39, 0.29) is 23.4 Å². The Hall–Kier alpha value is -3.67. The molecule has 1 N–H and O–H groups in total. The molecule has 2 amide bonds. The molecule has 0 spiro atoms. The van der Waals surface area contributed by atoms with Gasteiger partial charge in [-0.1, -0.05) is 36.4 Å². The van der Waals surface area contributed by atoms with Crippen molar-refractivity contribution in [3.8, 4) is 11.3 Å². The molecule has 0 saturated carbocycles. The number of rotatable bonds is 6. The van der Waals surface area contributed by atoms with Gasteiger partial charge in [-0.25, -0.2) is 0 Å². The van der Waals surface area contributed by atoms with Crippen LogP contribution in [0.2, 0.25) is 0 Å². The summed E-state index contributed by atoms with van der Waals surface area (Å²) in [6.45, 7) is 1.90. The summed E-state index contributed by atoms with van der Waals surface area (Å²) in [4.78, 5) is 37.2. The number of nitrogens with zero attached hydrogens (tertiary/aromatic N) is 1. The van der Waals surface area contributed by atoms with Crippen molar-refractivity contribution in [2.24, 2.45) is 0 Å². The van der Waals surface area contributed by atoms with E-state index < -0.39 is 0 Å². The van der Waals surface area contributed by atoms with Crippen LogP contribution >= 0.6 is 0 Å². The van der Waals surface area contributed by atoms with Crippen molar-refractivity contribution in [3.63, 3.8) is 0 Å². The first-order valence-corrected chi connectivity index (χ1v) is 9.16. The van der Waals surface area contributed by atoms with E-state index in [9.17, 15) is 14.4 Å². The van der Waals surface area contributed by atoms with Gasteiger partial charge in [0.05, 0.1) is 0 Å². The van der Waals surface area contributed by atoms with Gasteiger partial charge in [0.25, 0.3) is 11.8 Å². The van der Waals surface area contributed by atoms with Crippen LogP contribution in [-0.4, -0.2) is 36.6 Å². The highest BCUT2D eigenvalue weighted by atomic mass is 16.4. The van der Waals surface area contributed by atoms with Crippen LogP contribution in [0.4, 0.5) is 0 Å². The Balaban J connectivity index is 1.68. The normalized spacial score (nSPS) is 10.4. The Bertz CT molecular complexity index is 1030. The number of Topliss-reactive ketones (excluding diaryl/α,β-unsaturated/α-hetero) is 1. The van der Waals surface area contributed by atoms with Crippen molar-refractivity contribution in [3.05, 3.63) is 83.1 Å². The molecule has 6 nitrogen and oxygen atoms in total. The standard InChI is InChI=1S/C23H22N2O4/c1-15(26)17-8-10-18(11-9-17)20-12-13-21(29-20)23(28)25(3)14-16-4-6-19(7-5-16)22(27)24-2/h4-13H,14H2,1-3H3,(H,24,27). The first-order valence-electron chi connectivity index (χ1n) is 9.16. The number of carbonyl (C=O) groups is 3. The third-order valence-corrected chi connectivity index (χ3v) is 4.60. The maximum Gasteiger partial charge on any atom is 0.289 e. The van der Waals surface area contributed by atoms with Gasteiger partial charge < -0.3 is 14.6 Å². The average Bonchev–Trinajstić information content (AvgIpc) is 3.23. The Morgan fingerprint density at radius 2 is 1.52 bits per heavy atom. The molecule has 0 saturated heterocycles. The number of carbonyl (C=O) groups excluding carboxylic acids is 3. The van der Waals surface area contributed by atoms with E-state index >= 15 is 0 Å². The molecule has 148 valence electrons. The molecule has 0 radical (unpaired) electrons. The van der Waals surface area contributed by atoms with E-state index in [1.807, 2.05) is 12.1 Å². The summed E-state index contributed by atoms with van der Waals surface area (Å²) >= 11 is 0. The van der Waals surface area contributed by atoms with Crippen LogP contribution in [0.5, 0.6) is 0 Å². The van der Waals surface area contributed by atoms with Gasteiger partial charge >= 0.3 is 0 Å². The van der Waals surface area contributed by atoms with Gasteiger partial charge in [0.1, 0.15) is 5.76 Å². The Labute approximate surface area is 169 Å². The minimum atomic E-state index is -0.244. The fourth-order valence-corrected chi connectivity index (χ4v) is 2.92. The van der Waals surface area contributed by atoms with Crippen LogP contribution in [0.1, 0.15) is 43.8 Å². The molecular formula is C23H22N2O4. The number of ketones is 1. The molecule has 0 unspecified atom stereocenters. The van der Waals surface area contributed by atoms with Crippen molar-refractivity contribution in [2.45, 2.75) is 13.5 Å². The second kappa shape index (κ2) is 8.56. The van der Waals surface area contributed by atoms with Gasteiger partial charge in [-0.05, 0) is 36.8 Å². The van der Waals surface area contributed by atoms with E-state index in [0.29, 0.717) is 23.4 Å². The number of furan rings is 1. The Morgan fingerprint density at radius 1 is 0.897 bits per heavy atom. The predicted octanol–water partition coefficient (Wildman–Crippen LogP) is 3.78. The molecule has 3 aromatic rings. The minimum Gasteiger partial charge on any atom is -0.451 e. The summed E-state index contributed by atoms with van der Waals surface area (Å²) in [7, 11) is 3.27. The van der Waals surface area contributed by atoms with Gasteiger partial charge in [-0.3, -0.25) is 14.4 Å². The van der Waals surface area contributed by atoms with Crippen LogP contribution in [0, 0.1) is 0 Å². The van der Waals surface area contributed by atoms with Crippen molar-refractivity contribution >= 4 is 17.6 Å². The lowest BCUT2D eigenvalue weighted by molar-refractivity contribution is 0.0754. The van der Waals surface area contributed by atoms with E-state index in [1.165, 1.54) is 6.92 Å². The molecule has 0 bridgehead atoms. The average molecular weight is 390 g/mol. The quantitative estimate of drug-likeness (QED) is 0.650. The highest BCUT2D eigenvalue weighted by molar-refractivity contribution is 5.95. The summed E-state index contributed by atoms with van der Waals surface area (Å²) in [5, 5.41) is 2.57. The van der Waals surface area contributed by atoms with Crippen molar-refractivity contribution in [1.29, 1.82) is 0 Å². The number of hydrogen-bond acceptors (Lipinski definition) is 4. The Morgan fingerprint density at radius 3 is 2.10 bits per heavy atom. The molecule has 1 heterocycles. The summed E-state index contributed by atoms with van der Waals surface area (Å²) in [5.41, 5.74) is 2.89. The maximum atomic E-state index is 12.7. The maximum absolute atomic E-state index is 12.7. The number of hydrogen-bond donors (Lipinski definition) is 1. The monoisotopic (exact) mass is 390 g/mol. The van der Waals surface area contributed by atoms with Crippen LogP contribution < -0.4 is 5.32 Å². The van der Waals surface area contributed by atoms with E-state index in [1.54, 1.807) is 67.5 Å². The number of benzene rings is 2. The smallest absolute Gasteiger partial charge is 0.289 e.